The van der Waals surface area contributed by atoms with Crippen molar-refractivity contribution in [2.24, 2.45) is 0 Å². The Morgan fingerprint density at radius 2 is 1.71 bits per heavy atom. The summed E-state index contributed by atoms with van der Waals surface area (Å²) in [5.74, 6) is 0.747. The van der Waals surface area contributed by atoms with Gasteiger partial charge in [0, 0.05) is 13.1 Å². The molecule has 1 unspecified atom stereocenters. The van der Waals surface area contributed by atoms with Gasteiger partial charge in [0.2, 0.25) is 0 Å². The molecule has 1 atom stereocenters. The highest BCUT2D eigenvalue weighted by Crippen LogP contribution is 2.13. The van der Waals surface area contributed by atoms with E-state index in [9.17, 15) is 5.11 Å². The second kappa shape index (κ2) is 8.42. The Hall–Kier alpha value is -1.88. The highest BCUT2D eigenvalue weighted by Gasteiger charge is 2.05. The van der Waals surface area contributed by atoms with Crippen LogP contribution in [0.5, 0.6) is 5.75 Å². The number of aliphatic hydroxyl groups excluding tert-OH is 2. The maximum atomic E-state index is 10.0. The summed E-state index contributed by atoms with van der Waals surface area (Å²) < 4.78 is 5.30. The molecule has 112 valence electrons. The fraction of sp³-hybridized carbons (Fsp3) is 0.294. The molecule has 0 aliphatic heterocycles. The standard InChI is InChI=1S/C17H21NO3/c19-10-11-21-16-8-6-14(7-9-16)12-18-13-17(20)15-4-2-1-3-5-15/h1-9,17-20H,10-13H2. The van der Waals surface area contributed by atoms with Crippen LogP contribution in [-0.2, 0) is 6.54 Å². The van der Waals surface area contributed by atoms with E-state index in [0.717, 1.165) is 16.9 Å². The second-order valence-corrected chi connectivity index (χ2v) is 4.77. The number of hydrogen-bond donors (Lipinski definition) is 3. The fourth-order valence-electron chi connectivity index (χ4n) is 2.01. The molecule has 4 heteroatoms. The summed E-state index contributed by atoms with van der Waals surface area (Å²) in [5, 5.41) is 22.0. The van der Waals surface area contributed by atoms with Gasteiger partial charge in [0.25, 0.3) is 0 Å². The van der Waals surface area contributed by atoms with Gasteiger partial charge in [-0.2, -0.15) is 0 Å². The smallest absolute Gasteiger partial charge is 0.119 e. The van der Waals surface area contributed by atoms with Gasteiger partial charge in [-0.1, -0.05) is 42.5 Å². The number of ether oxygens (including phenoxy) is 1. The molecule has 2 aromatic carbocycles. The van der Waals surface area contributed by atoms with Crippen LogP contribution in [0.15, 0.2) is 54.6 Å². The highest BCUT2D eigenvalue weighted by molar-refractivity contribution is 5.27. The molecule has 2 rings (SSSR count). The third-order valence-electron chi connectivity index (χ3n) is 3.13. The van der Waals surface area contributed by atoms with Gasteiger partial charge in [0.1, 0.15) is 12.4 Å². The average Bonchev–Trinajstić information content (AvgIpc) is 2.55. The lowest BCUT2D eigenvalue weighted by atomic mass is 10.1. The van der Waals surface area contributed by atoms with Crippen molar-refractivity contribution in [1.82, 2.24) is 5.32 Å². The maximum absolute atomic E-state index is 10.0. The molecule has 0 aliphatic rings. The molecule has 0 saturated heterocycles. The van der Waals surface area contributed by atoms with Gasteiger partial charge in [0.05, 0.1) is 12.7 Å². The number of benzene rings is 2. The minimum absolute atomic E-state index is 0.0146. The van der Waals surface area contributed by atoms with Crippen LogP contribution in [0, 0.1) is 0 Å². The van der Waals surface area contributed by atoms with Crippen LogP contribution in [0.3, 0.4) is 0 Å². The first-order valence-electron chi connectivity index (χ1n) is 7.06. The van der Waals surface area contributed by atoms with Crippen LogP contribution in [-0.4, -0.2) is 30.0 Å². The summed E-state index contributed by atoms with van der Waals surface area (Å²) in [6, 6.07) is 17.3. The van der Waals surface area contributed by atoms with Crippen LogP contribution in [0.25, 0.3) is 0 Å². The van der Waals surface area contributed by atoms with Crippen molar-refractivity contribution in [3.05, 3.63) is 65.7 Å². The summed E-state index contributed by atoms with van der Waals surface area (Å²) in [6.45, 7) is 1.51. The zero-order valence-electron chi connectivity index (χ0n) is 11.9. The van der Waals surface area contributed by atoms with Crippen molar-refractivity contribution in [3.63, 3.8) is 0 Å². The van der Waals surface area contributed by atoms with Gasteiger partial charge in [-0.25, -0.2) is 0 Å². The van der Waals surface area contributed by atoms with Crippen molar-refractivity contribution in [1.29, 1.82) is 0 Å². The number of rotatable bonds is 8. The van der Waals surface area contributed by atoms with Gasteiger partial charge in [-0.15, -0.1) is 0 Å². The van der Waals surface area contributed by atoms with Crippen LogP contribution in [0.4, 0.5) is 0 Å². The monoisotopic (exact) mass is 287 g/mol. The van der Waals surface area contributed by atoms with Crippen LogP contribution in [0.2, 0.25) is 0 Å². The van der Waals surface area contributed by atoms with E-state index in [4.69, 9.17) is 9.84 Å². The quantitative estimate of drug-likeness (QED) is 0.694. The zero-order valence-corrected chi connectivity index (χ0v) is 11.9. The largest absolute Gasteiger partial charge is 0.491 e. The summed E-state index contributed by atoms with van der Waals surface area (Å²) >= 11 is 0. The first-order valence-corrected chi connectivity index (χ1v) is 7.06. The summed E-state index contributed by atoms with van der Waals surface area (Å²) in [7, 11) is 0. The molecular formula is C17H21NO3. The highest BCUT2D eigenvalue weighted by atomic mass is 16.5. The molecule has 4 nitrogen and oxygen atoms in total. The predicted molar refractivity (Wildman–Crippen MR) is 82.1 cm³/mol. The minimum atomic E-state index is -0.502. The average molecular weight is 287 g/mol. The lowest BCUT2D eigenvalue weighted by Crippen LogP contribution is -2.21. The molecule has 0 amide bonds. The Labute approximate surface area is 125 Å². The van der Waals surface area contributed by atoms with Crippen LogP contribution >= 0.6 is 0 Å². The molecule has 0 fully saturated rings. The Kier molecular flexibility index (Phi) is 6.22. The fourth-order valence-corrected chi connectivity index (χ4v) is 2.01. The minimum Gasteiger partial charge on any atom is -0.491 e. The molecule has 0 aliphatic carbocycles. The van der Waals surface area contributed by atoms with E-state index in [1.54, 1.807) is 0 Å². The SMILES string of the molecule is OCCOc1ccc(CNCC(O)c2ccccc2)cc1. The van der Waals surface area contributed by atoms with Gasteiger partial charge >= 0.3 is 0 Å². The van der Waals surface area contributed by atoms with Gasteiger partial charge in [0.15, 0.2) is 0 Å². The second-order valence-electron chi connectivity index (χ2n) is 4.77. The van der Waals surface area contributed by atoms with E-state index >= 15 is 0 Å². The molecule has 3 N–H and O–H groups in total. The first kappa shape index (κ1) is 15.5. The number of nitrogens with one attached hydrogen (secondary N) is 1. The summed E-state index contributed by atoms with van der Waals surface area (Å²) in [6.07, 6.45) is -0.502. The third kappa shape index (κ3) is 5.19. The lowest BCUT2D eigenvalue weighted by Gasteiger charge is -2.12. The molecule has 0 heterocycles. The summed E-state index contributed by atoms with van der Waals surface area (Å²) in [4.78, 5) is 0. The van der Waals surface area contributed by atoms with Gasteiger partial charge < -0.3 is 20.3 Å². The molecule has 2 aromatic rings. The maximum Gasteiger partial charge on any atom is 0.119 e. The van der Waals surface area contributed by atoms with Crippen molar-refractivity contribution in [2.75, 3.05) is 19.8 Å². The van der Waals surface area contributed by atoms with E-state index in [2.05, 4.69) is 5.32 Å². The Balaban J connectivity index is 1.75. The summed E-state index contributed by atoms with van der Waals surface area (Å²) in [5.41, 5.74) is 2.03. The topological polar surface area (TPSA) is 61.7 Å². The van der Waals surface area contributed by atoms with Gasteiger partial charge in [-0.3, -0.25) is 0 Å². The van der Waals surface area contributed by atoms with Crippen molar-refractivity contribution in [2.45, 2.75) is 12.6 Å². The van der Waals surface area contributed by atoms with Crippen molar-refractivity contribution < 1.29 is 14.9 Å². The molecular weight excluding hydrogens is 266 g/mol. The number of hydrogen-bond acceptors (Lipinski definition) is 4. The third-order valence-corrected chi connectivity index (χ3v) is 3.13. The molecule has 0 spiro atoms. The molecule has 0 bridgehead atoms. The van der Waals surface area contributed by atoms with Crippen LogP contribution < -0.4 is 10.1 Å². The molecule has 0 aromatic heterocycles. The van der Waals surface area contributed by atoms with E-state index in [1.807, 2.05) is 54.6 Å². The van der Waals surface area contributed by atoms with E-state index in [-0.39, 0.29) is 6.61 Å². The van der Waals surface area contributed by atoms with E-state index < -0.39 is 6.10 Å². The van der Waals surface area contributed by atoms with Gasteiger partial charge in [-0.05, 0) is 23.3 Å². The van der Waals surface area contributed by atoms with E-state index in [1.165, 1.54) is 0 Å². The Morgan fingerprint density at radius 3 is 2.38 bits per heavy atom. The van der Waals surface area contributed by atoms with Crippen molar-refractivity contribution >= 4 is 0 Å². The zero-order chi connectivity index (χ0) is 14.9. The molecule has 21 heavy (non-hydrogen) atoms. The predicted octanol–water partition coefficient (Wildman–Crippen LogP) is 1.88. The van der Waals surface area contributed by atoms with E-state index in [0.29, 0.717) is 19.7 Å². The molecule has 0 radical (unpaired) electrons. The molecule has 0 saturated carbocycles. The Bertz CT molecular complexity index is 513. The number of aliphatic hydroxyl groups is 2. The van der Waals surface area contributed by atoms with Crippen LogP contribution in [0.1, 0.15) is 17.2 Å². The van der Waals surface area contributed by atoms with Crippen molar-refractivity contribution in [3.8, 4) is 5.75 Å². The first-order chi connectivity index (χ1) is 10.3. The Morgan fingerprint density at radius 1 is 1.00 bits per heavy atom. The normalized spacial score (nSPS) is 12.1. The lowest BCUT2D eigenvalue weighted by molar-refractivity contribution is 0.174.